The van der Waals surface area contributed by atoms with Crippen molar-refractivity contribution in [3.05, 3.63) is 71.8 Å². The minimum Gasteiger partial charge on any atom is -0.359 e. The second-order valence-electron chi connectivity index (χ2n) is 7.11. The monoisotopic (exact) mass is 361 g/mol. The van der Waals surface area contributed by atoms with Gasteiger partial charge in [0.15, 0.2) is 0 Å². The third kappa shape index (κ3) is 4.82. The van der Waals surface area contributed by atoms with Gasteiger partial charge >= 0.3 is 0 Å². The summed E-state index contributed by atoms with van der Waals surface area (Å²) in [6.45, 7) is 7.41. The molecule has 0 saturated carbocycles. The van der Waals surface area contributed by atoms with Gasteiger partial charge in [0.25, 0.3) is 0 Å². The predicted molar refractivity (Wildman–Crippen MR) is 112 cm³/mol. The first-order valence-electron chi connectivity index (χ1n) is 9.33. The molecule has 0 saturated heterocycles. The molecule has 3 aromatic rings. The van der Waals surface area contributed by atoms with Gasteiger partial charge in [0.2, 0.25) is 0 Å². The van der Waals surface area contributed by atoms with Crippen LogP contribution in [-0.2, 0) is 6.42 Å². The zero-order chi connectivity index (χ0) is 19.2. The molecule has 0 amide bonds. The molecule has 0 radical (unpaired) electrons. The zero-order valence-corrected chi connectivity index (χ0v) is 16.5. The summed E-state index contributed by atoms with van der Waals surface area (Å²) in [6.07, 6.45) is 6.22. The van der Waals surface area contributed by atoms with Gasteiger partial charge in [-0.25, -0.2) is 9.97 Å². The molecule has 0 aliphatic rings. The highest BCUT2D eigenvalue weighted by Crippen LogP contribution is 2.30. The quantitative estimate of drug-likeness (QED) is 0.659. The second kappa shape index (κ2) is 8.62. The van der Waals surface area contributed by atoms with Crippen molar-refractivity contribution in [1.29, 1.82) is 0 Å². The Labute approximate surface area is 161 Å². The summed E-state index contributed by atoms with van der Waals surface area (Å²) < 4.78 is 0. The van der Waals surface area contributed by atoms with Crippen LogP contribution in [0.1, 0.15) is 36.5 Å². The van der Waals surface area contributed by atoms with Crippen LogP contribution in [-0.4, -0.2) is 28.5 Å². The lowest BCUT2D eigenvalue weighted by Gasteiger charge is -2.20. The molecule has 27 heavy (non-hydrogen) atoms. The number of hydrogen-bond acceptors (Lipinski definition) is 5. The van der Waals surface area contributed by atoms with Gasteiger partial charge in [-0.1, -0.05) is 32.0 Å². The van der Waals surface area contributed by atoms with E-state index < -0.39 is 0 Å². The van der Waals surface area contributed by atoms with E-state index >= 15 is 0 Å². The Bertz CT molecular complexity index is 877. The molecule has 5 nitrogen and oxygen atoms in total. The smallest absolute Gasteiger partial charge is 0.135 e. The first kappa shape index (κ1) is 18.8. The lowest BCUT2D eigenvalue weighted by atomic mass is 9.98. The summed E-state index contributed by atoms with van der Waals surface area (Å²) in [5.74, 6) is 2.16. The van der Waals surface area contributed by atoms with E-state index in [-0.39, 0.29) is 0 Å². The van der Waals surface area contributed by atoms with E-state index in [4.69, 9.17) is 0 Å². The van der Waals surface area contributed by atoms with Crippen molar-refractivity contribution in [3.63, 3.8) is 0 Å². The number of nitrogens with one attached hydrogen (secondary N) is 1. The number of anilines is 3. The highest BCUT2D eigenvalue weighted by atomic mass is 15.2. The molecule has 2 heterocycles. The molecule has 2 aromatic heterocycles. The van der Waals surface area contributed by atoms with Crippen LogP contribution in [0.2, 0.25) is 0 Å². The van der Waals surface area contributed by atoms with Gasteiger partial charge in [0, 0.05) is 37.7 Å². The highest BCUT2D eigenvalue weighted by molar-refractivity contribution is 5.66. The highest BCUT2D eigenvalue weighted by Gasteiger charge is 2.11. The fourth-order valence-electron chi connectivity index (χ4n) is 3.06. The topological polar surface area (TPSA) is 53.9 Å². The first-order chi connectivity index (χ1) is 13.0. The van der Waals surface area contributed by atoms with E-state index in [2.05, 4.69) is 71.2 Å². The number of hydrogen-bond donors (Lipinski definition) is 1. The van der Waals surface area contributed by atoms with Gasteiger partial charge in [-0.05, 0) is 48.1 Å². The summed E-state index contributed by atoms with van der Waals surface area (Å²) in [5.41, 5.74) is 4.91. The average molecular weight is 361 g/mol. The molecule has 0 aliphatic heterocycles. The van der Waals surface area contributed by atoms with Crippen molar-refractivity contribution in [2.75, 3.05) is 23.8 Å². The van der Waals surface area contributed by atoms with E-state index in [1.807, 2.05) is 30.6 Å². The third-order valence-corrected chi connectivity index (χ3v) is 4.71. The Balaban J connectivity index is 1.74. The summed E-state index contributed by atoms with van der Waals surface area (Å²) in [5, 5.41) is 3.51. The summed E-state index contributed by atoms with van der Waals surface area (Å²) in [4.78, 5) is 15.1. The number of pyridine rings is 1. The minimum absolute atomic E-state index is 0.441. The number of rotatable bonds is 7. The minimum atomic E-state index is 0.441. The Morgan fingerprint density at radius 1 is 1.07 bits per heavy atom. The van der Waals surface area contributed by atoms with Crippen molar-refractivity contribution >= 4 is 17.3 Å². The number of nitrogens with zero attached hydrogens (tertiary/aromatic N) is 4. The van der Waals surface area contributed by atoms with E-state index in [1.165, 1.54) is 16.7 Å². The fraction of sp³-hybridized carbons (Fsp3) is 0.318. The van der Waals surface area contributed by atoms with Gasteiger partial charge in [-0.2, -0.15) is 0 Å². The largest absolute Gasteiger partial charge is 0.359 e. The Morgan fingerprint density at radius 3 is 2.59 bits per heavy atom. The molecule has 5 heteroatoms. The Morgan fingerprint density at radius 2 is 1.85 bits per heavy atom. The summed E-state index contributed by atoms with van der Waals surface area (Å²) in [7, 11) is 2.06. The van der Waals surface area contributed by atoms with Crippen molar-refractivity contribution < 1.29 is 0 Å². The van der Waals surface area contributed by atoms with Gasteiger partial charge < -0.3 is 10.2 Å². The van der Waals surface area contributed by atoms with Crippen molar-refractivity contribution in [1.82, 2.24) is 15.0 Å². The maximum Gasteiger partial charge on any atom is 0.135 e. The van der Waals surface area contributed by atoms with Crippen molar-refractivity contribution in [3.8, 4) is 0 Å². The molecule has 1 N–H and O–H groups in total. The molecule has 140 valence electrons. The number of aryl methyl sites for hydroxylation is 1. The summed E-state index contributed by atoms with van der Waals surface area (Å²) >= 11 is 0. The number of para-hydroxylation sites is 1. The summed E-state index contributed by atoms with van der Waals surface area (Å²) in [6, 6.07) is 12.5. The molecule has 0 fully saturated rings. The van der Waals surface area contributed by atoms with E-state index in [9.17, 15) is 0 Å². The van der Waals surface area contributed by atoms with Crippen LogP contribution in [0.5, 0.6) is 0 Å². The number of aromatic nitrogens is 3. The van der Waals surface area contributed by atoms with Crippen LogP contribution < -0.4 is 10.2 Å². The van der Waals surface area contributed by atoms with E-state index in [0.29, 0.717) is 5.92 Å². The molecule has 0 unspecified atom stereocenters. The van der Waals surface area contributed by atoms with Crippen LogP contribution in [0.25, 0.3) is 0 Å². The molecular weight excluding hydrogens is 334 g/mol. The maximum absolute atomic E-state index is 4.44. The van der Waals surface area contributed by atoms with Crippen LogP contribution in [0.4, 0.5) is 17.3 Å². The number of likely N-dealkylation sites (N-methyl/N-ethyl adjacent to an activating group) is 1. The van der Waals surface area contributed by atoms with Crippen LogP contribution in [0.3, 0.4) is 0 Å². The van der Waals surface area contributed by atoms with Gasteiger partial charge in [-0.15, -0.1) is 0 Å². The lowest BCUT2D eigenvalue weighted by Crippen LogP contribution is -2.21. The number of benzene rings is 1. The van der Waals surface area contributed by atoms with Gasteiger partial charge in [0.05, 0.1) is 0 Å². The Kier molecular flexibility index (Phi) is 6.01. The lowest BCUT2D eigenvalue weighted by molar-refractivity contribution is 0.854. The van der Waals surface area contributed by atoms with Crippen molar-refractivity contribution in [2.24, 2.45) is 0 Å². The van der Waals surface area contributed by atoms with E-state index in [1.54, 1.807) is 6.33 Å². The van der Waals surface area contributed by atoms with Crippen molar-refractivity contribution in [2.45, 2.75) is 33.1 Å². The second-order valence-corrected chi connectivity index (χ2v) is 7.11. The normalized spacial score (nSPS) is 10.9. The zero-order valence-electron chi connectivity index (χ0n) is 16.5. The van der Waals surface area contributed by atoms with Crippen LogP contribution in [0, 0.1) is 6.92 Å². The molecule has 0 atom stereocenters. The first-order valence-corrected chi connectivity index (χ1v) is 9.33. The van der Waals surface area contributed by atoms with E-state index in [0.717, 1.165) is 30.3 Å². The maximum atomic E-state index is 4.44. The van der Waals surface area contributed by atoms with Gasteiger partial charge in [0.1, 0.15) is 18.0 Å². The molecule has 0 spiro atoms. The average Bonchev–Trinajstić information content (AvgIpc) is 2.68. The SMILES string of the molecule is Cc1cccc(C(C)C)c1Nc1cc(N(C)CCc2ccncc2)ncn1. The molecular formula is C22H27N5. The van der Waals surface area contributed by atoms with Gasteiger partial charge in [-0.3, -0.25) is 4.98 Å². The molecule has 1 aromatic carbocycles. The Hall–Kier alpha value is -2.95. The molecule has 0 bridgehead atoms. The van der Waals surface area contributed by atoms with Crippen LogP contribution in [0.15, 0.2) is 55.1 Å². The third-order valence-electron chi connectivity index (χ3n) is 4.71. The predicted octanol–water partition coefficient (Wildman–Crippen LogP) is 4.73. The van der Waals surface area contributed by atoms with Crippen LogP contribution >= 0.6 is 0 Å². The fourth-order valence-corrected chi connectivity index (χ4v) is 3.06. The molecule has 0 aliphatic carbocycles. The molecule has 3 rings (SSSR count). The standard InChI is InChI=1S/C22H27N5/c1-16(2)19-7-5-6-17(3)22(19)26-20-14-21(25-15-24-20)27(4)13-10-18-8-11-23-12-9-18/h5-9,11-12,14-16H,10,13H2,1-4H3,(H,24,25,26).